The van der Waals surface area contributed by atoms with E-state index in [-0.39, 0.29) is 29.3 Å². The fourth-order valence-electron chi connectivity index (χ4n) is 5.32. The van der Waals surface area contributed by atoms with Crippen molar-refractivity contribution in [3.63, 3.8) is 0 Å². The van der Waals surface area contributed by atoms with Crippen LogP contribution in [-0.4, -0.2) is 28.6 Å². The molecule has 1 N–H and O–H groups in total. The fourth-order valence-corrected chi connectivity index (χ4v) is 5.32. The van der Waals surface area contributed by atoms with Gasteiger partial charge in [-0.3, -0.25) is 9.59 Å². The maximum Gasteiger partial charge on any atom is 0.254 e. The molecular weight excluding hydrogens is 378 g/mol. The topological polar surface area (TPSA) is 73.2 Å². The van der Waals surface area contributed by atoms with Crippen LogP contribution in [0.5, 0.6) is 5.88 Å². The Hall–Kier alpha value is -2.37. The summed E-state index contributed by atoms with van der Waals surface area (Å²) in [5, 5.41) is 4.26. The van der Waals surface area contributed by atoms with E-state index in [1.54, 1.807) is 23.9 Å². The number of methoxy groups -OCH3 is 1. The van der Waals surface area contributed by atoms with Crippen LogP contribution in [0.2, 0.25) is 0 Å². The lowest BCUT2D eigenvalue weighted by Crippen LogP contribution is -2.43. The van der Waals surface area contributed by atoms with Gasteiger partial charge in [0, 0.05) is 42.2 Å². The summed E-state index contributed by atoms with van der Waals surface area (Å²) in [6, 6.07) is 3.95. The monoisotopic (exact) mass is 411 g/mol. The maximum absolute atomic E-state index is 13.2. The van der Waals surface area contributed by atoms with Gasteiger partial charge in [-0.15, -0.1) is 0 Å². The molecule has 0 bridgehead atoms. The molecule has 2 aliphatic rings. The van der Waals surface area contributed by atoms with Crippen molar-refractivity contribution >= 4 is 16.8 Å². The predicted molar refractivity (Wildman–Crippen MR) is 118 cm³/mol. The Morgan fingerprint density at radius 1 is 1.17 bits per heavy atom. The fraction of sp³-hybridized carbons (Fsp3) is 0.625. The molecule has 1 amide bonds. The van der Waals surface area contributed by atoms with E-state index in [9.17, 15) is 9.59 Å². The van der Waals surface area contributed by atoms with E-state index < -0.39 is 0 Å². The summed E-state index contributed by atoms with van der Waals surface area (Å²) in [4.78, 5) is 30.3. The summed E-state index contributed by atoms with van der Waals surface area (Å²) >= 11 is 0. The van der Waals surface area contributed by atoms with Crippen molar-refractivity contribution in [3.05, 3.63) is 34.2 Å². The van der Waals surface area contributed by atoms with Gasteiger partial charge in [0.15, 0.2) is 0 Å². The number of fused-ring (bicyclic) bond motifs is 1. The molecule has 6 heteroatoms. The van der Waals surface area contributed by atoms with E-state index in [1.165, 1.54) is 6.42 Å². The van der Waals surface area contributed by atoms with Crippen LogP contribution in [0.25, 0.3) is 10.9 Å². The largest absolute Gasteiger partial charge is 0.481 e. The molecule has 162 valence electrons. The molecule has 0 spiro atoms. The number of carbonyl (C=O) groups excluding carboxylic acids is 1. The Morgan fingerprint density at radius 3 is 2.67 bits per heavy atom. The van der Waals surface area contributed by atoms with Crippen molar-refractivity contribution in [3.8, 4) is 5.88 Å². The lowest BCUT2D eigenvalue weighted by molar-refractivity contribution is -0.127. The van der Waals surface area contributed by atoms with Crippen molar-refractivity contribution in [2.45, 2.75) is 70.3 Å². The summed E-state index contributed by atoms with van der Waals surface area (Å²) in [5.41, 5.74) is 1.69. The Balaban J connectivity index is 1.57. The quantitative estimate of drug-likeness (QED) is 0.828. The summed E-state index contributed by atoms with van der Waals surface area (Å²) < 4.78 is 6.92. The highest BCUT2D eigenvalue weighted by atomic mass is 16.5. The van der Waals surface area contributed by atoms with Gasteiger partial charge in [-0.05, 0) is 50.0 Å². The molecule has 2 aliphatic carbocycles. The first kappa shape index (κ1) is 20.9. The van der Waals surface area contributed by atoms with Gasteiger partial charge in [0.1, 0.15) is 0 Å². The van der Waals surface area contributed by atoms with E-state index >= 15 is 0 Å². The number of nitrogens with zero attached hydrogens (tertiary/aromatic N) is 2. The Morgan fingerprint density at radius 2 is 1.93 bits per heavy atom. The van der Waals surface area contributed by atoms with Gasteiger partial charge in [-0.2, -0.15) is 0 Å². The molecule has 0 saturated heterocycles. The van der Waals surface area contributed by atoms with Crippen LogP contribution in [-0.2, 0) is 11.8 Å². The van der Waals surface area contributed by atoms with Gasteiger partial charge in [0.2, 0.25) is 11.8 Å². The first-order valence-electron chi connectivity index (χ1n) is 11.3. The highest BCUT2D eigenvalue weighted by Gasteiger charge is 2.33. The smallest absolute Gasteiger partial charge is 0.254 e. The normalized spacial score (nSPS) is 25.2. The number of carbonyl (C=O) groups is 1. The lowest BCUT2D eigenvalue weighted by Gasteiger charge is -2.36. The average molecular weight is 412 g/mol. The molecule has 6 nitrogen and oxygen atoms in total. The van der Waals surface area contributed by atoms with E-state index in [2.05, 4.69) is 17.2 Å². The maximum atomic E-state index is 13.2. The van der Waals surface area contributed by atoms with Crippen molar-refractivity contribution in [2.24, 2.45) is 18.9 Å². The molecule has 2 fully saturated rings. The minimum atomic E-state index is 0.0341. The zero-order valence-electron chi connectivity index (χ0n) is 18.3. The van der Waals surface area contributed by atoms with Crippen LogP contribution in [0.3, 0.4) is 0 Å². The summed E-state index contributed by atoms with van der Waals surface area (Å²) in [5.74, 6) is 1.44. The molecule has 2 saturated carbocycles. The lowest BCUT2D eigenvalue weighted by atomic mass is 9.74. The zero-order valence-corrected chi connectivity index (χ0v) is 18.3. The molecule has 2 aromatic heterocycles. The molecule has 3 unspecified atom stereocenters. The molecule has 3 atom stereocenters. The van der Waals surface area contributed by atoms with Crippen molar-refractivity contribution in [2.75, 3.05) is 7.11 Å². The van der Waals surface area contributed by atoms with Gasteiger partial charge in [0.25, 0.3) is 5.56 Å². The van der Waals surface area contributed by atoms with Crippen LogP contribution in [0.4, 0.5) is 0 Å². The second-order valence-corrected chi connectivity index (χ2v) is 9.19. The first-order chi connectivity index (χ1) is 14.5. The molecule has 0 radical (unpaired) electrons. The molecule has 2 heterocycles. The van der Waals surface area contributed by atoms with Crippen LogP contribution in [0.15, 0.2) is 23.1 Å². The molecular formula is C24H33N3O3. The molecule has 0 aromatic carbocycles. The number of pyridine rings is 2. The number of rotatable bonds is 4. The van der Waals surface area contributed by atoms with E-state index in [0.29, 0.717) is 11.8 Å². The number of aryl methyl sites for hydroxylation is 1. The highest BCUT2D eigenvalue weighted by Crippen LogP contribution is 2.37. The van der Waals surface area contributed by atoms with Crippen LogP contribution >= 0.6 is 0 Å². The van der Waals surface area contributed by atoms with Gasteiger partial charge in [-0.25, -0.2) is 4.98 Å². The first-order valence-corrected chi connectivity index (χ1v) is 11.3. The van der Waals surface area contributed by atoms with Crippen LogP contribution < -0.4 is 15.6 Å². The Kier molecular flexibility index (Phi) is 6.11. The molecule has 30 heavy (non-hydrogen) atoms. The second-order valence-electron chi connectivity index (χ2n) is 9.19. The number of hydrogen-bond acceptors (Lipinski definition) is 4. The summed E-state index contributed by atoms with van der Waals surface area (Å²) in [6.07, 6.45) is 10.2. The van der Waals surface area contributed by atoms with Gasteiger partial charge in [0.05, 0.1) is 12.6 Å². The number of aromatic nitrogens is 2. The number of ether oxygens (including phenoxy) is 1. The Bertz CT molecular complexity index is 978. The van der Waals surface area contributed by atoms with E-state index in [4.69, 9.17) is 4.74 Å². The summed E-state index contributed by atoms with van der Waals surface area (Å²) in [6.45, 7) is 2.22. The Labute approximate surface area is 178 Å². The van der Waals surface area contributed by atoms with E-state index in [0.717, 1.165) is 61.4 Å². The molecule has 2 aromatic rings. The number of nitrogens with one attached hydrogen (secondary N) is 1. The van der Waals surface area contributed by atoms with Crippen LogP contribution in [0.1, 0.15) is 69.8 Å². The number of amides is 1. The van der Waals surface area contributed by atoms with Crippen molar-refractivity contribution < 1.29 is 9.53 Å². The SMILES string of the molecule is COc1cc2c(cn1)cc(C1CC(NC(=O)C3CCCCC3)CCC1C)c(=O)n2C. The third-order valence-electron chi connectivity index (χ3n) is 7.24. The second kappa shape index (κ2) is 8.78. The predicted octanol–water partition coefficient (Wildman–Crippen LogP) is 3.91. The minimum absolute atomic E-state index is 0.0341. The molecule has 4 rings (SSSR count). The van der Waals surface area contributed by atoms with Gasteiger partial charge in [-0.1, -0.05) is 26.2 Å². The minimum Gasteiger partial charge on any atom is -0.481 e. The third kappa shape index (κ3) is 4.09. The molecule has 0 aliphatic heterocycles. The summed E-state index contributed by atoms with van der Waals surface area (Å²) in [7, 11) is 3.38. The third-order valence-corrected chi connectivity index (χ3v) is 7.24. The zero-order chi connectivity index (χ0) is 21.3. The average Bonchev–Trinajstić information content (AvgIpc) is 2.78. The van der Waals surface area contributed by atoms with Crippen molar-refractivity contribution in [1.82, 2.24) is 14.9 Å². The highest BCUT2D eigenvalue weighted by molar-refractivity contribution is 5.80. The van der Waals surface area contributed by atoms with Crippen molar-refractivity contribution in [1.29, 1.82) is 0 Å². The van der Waals surface area contributed by atoms with Crippen LogP contribution in [0, 0.1) is 11.8 Å². The van der Waals surface area contributed by atoms with E-state index in [1.807, 2.05) is 13.1 Å². The van der Waals surface area contributed by atoms with Gasteiger partial charge < -0.3 is 14.6 Å². The van der Waals surface area contributed by atoms with Gasteiger partial charge >= 0.3 is 0 Å². The standard InChI is InChI=1S/C24H33N3O3/c1-15-9-10-18(26-23(28)16-7-5-4-6-8-16)12-19(15)20-11-17-14-25-22(30-3)13-21(17)27(2)24(20)29/h11,13-16,18-19H,4-10,12H2,1-3H3,(H,26,28). The number of hydrogen-bond donors (Lipinski definition) is 1.